The summed E-state index contributed by atoms with van der Waals surface area (Å²) >= 11 is 0. The van der Waals surface area contributed by atoms with Crippen molar-refractivity contribution in [2.45, 2.75) is 27.3 Å². The molecule has 0 fully saturated rings. The standard InChI is InChI=1S/C26H23N5O3/c1-16-7-6-8-19(12-16)27-23(32)15-30-26(33)31-22-10-5-4-9-21(22)28-25(24(31)29-30)34-20-13-17(2)11-18(3)14-20/h4-14H,15H2,1-3H3,(H,27,32). The zero-order valence-electron chi connectivity index (χ0n) is 19.1. The van der Waals surface area contributed by atoms with Gasteiger partial charge in [0.15, 0.2) is 0 Å². The first-order valence-corrected chi connectivity index (χ1v) is 10.9. The Labute approximate surface area is 195 Å². The van der Waals surface area contributed by atoms with Crippen LogP contribution in [0.15, 0.2) is 71.5 Å². The van der Waals surface area contributed by atoms with E-state index in [2.05, 4.69) is 15.4 Å². The van der Waals surface area contributed by atoms with Crippen molar-refractivity contribution in [1.29, 1.82) is 0 Å². The lowest BCUT2D eigenvalue weighted by molar-refractivity contribution is -0.117. The first-order chi connectivity index (χ1) is 16.4. The zero-order valence-corrected chi connectivity index (χ0v) is 19.1. The van der Waals surface area contributed by atoms with Gasteiger partial charge in [-0.2, -0.15) is 0 Å². The van der Waals surface area contributed by atoms with Crippen LogP contribution in [0.25, 0.3) is 16.7 Å². The summed E-state index contributed by atoms with van der Waals surface area (Å²) in [4.78, 5) is 30.6. The second-order valence-electron chi connectivity index (χ2n) is 8.35. The summed E-state index contributed by atoms with van der Waals surface area (Å²) in [6, 6.07) is 20.5. The Kier molecular flexibility index (Phi) is 5.33. The minimum atomic E-state index is -0.446. The van der Waals surface area contributed by atoms with Crippen LogP contribution in [0.2, 0.25) is 0 Å². The van der Waals surface area contributed by atoms with Gasteiger partial charge in [-0.05, 0) is 73.9 Å². The van der Waals surface area contributed by atoms with Crippen LogP contribution in [0.1, 0.15) is 16.7 Å². The van der Waals surface area contributed by atoms with Gasteiger partial charge in [-0.25, -0.2) is 18.9 Å². The molecule has 0 unspecified atom stereocenters. The number of aryl methyl sites for hydroxylation is 3. The molecule has 0 saturated carbocycles. The average Bonchev–Trinajstić information content (AvgIpc) is 3.09. The van der Waals surface area contributed by atoms with E-state index < -0.39 is 5.69 Å². The molecule has 8 nitrogen and oxygen atoms in total. The van der Waals surface area contributed by atoms with E-state index in [1.807, 2.05) is 69.3 Å². The molecule has 0 atom stereocenters. The van der Waals surface area contributed by atoms with Crippen LogP contribution < -0.4 is 15.7 Å². The minimum Gasteiger partial charge on any atom is -0.436 e. The molecule has 0 radical (unpaired) electrons. The number of ether oxygens (including phenoxy) is 1. The molecular weight excluding hydrogens is 430 g/mol. The van der Waals surface area contributed by atoms with Crippen molar-refractivity contribution in [3.63, 3.8) is 0 Å². The average molecular weight is 454 g/mol. The molecule has 5 rings (SSSR count). The molecular formula is C26H23N5O3. The smallest absolute Gasteiger partial charge is 0.351 e. The van der Waals surface area contributed by atoms with Crippen molar-refractivity contribution in [2.75, 3.05) is 5.32 Å². The number of benzene rings is 3. The Hall–Kier alpha value is -4.46. The van der Waals surface area contributed by atoms with Crippen molar-refractivity contribution < 1.29 is 9.53 Å². The van der Waals surface area contributed by atoms with Gasteiger partial charge in [-0.3, -0.25) is 4.79 Å². The molecule has 8 heteroatoms. The number of hydrogen-bond donors (Lipinski definition) is 1. The Bertz CT molecular complexity index is 1600. The molecule has 34 heavy (non-hydrogen) atoms. The zero-order chi connectivity index (χ0) is 23.8. The van der Waals surface area contributed by atoms with E-state index in [9.17, 15) is 9.59 Å². The molecule has 1 amide bonds. The number of carbonyl (C=O) groups excluding carboxylic acids is 1. The van der Waals surface area contributed by atoms with Crippen molar-refractivity contribution >= 4 is 28.3 Å². The van der Waals surface area contributed by atoms with E-state index in [1.54, 1.807) is 18.2 Å². The maximum Gasteiger partial charge on any atom is 0.351 e. The lowest BCUT2D eigenvalue weighted by atomic mass is 10.1. The molecule has 0 aliphatic carbocycles. The van der Waals surface area contributed by atoms with Crippen LogP contribution in [-0.2, 0) is 11.3 Å². The van der Waals surface area contributed by atoms with E-state index in [-0.39, 0.29) is 24.0 Å². The van der Waals surface area contributed by atoms with Crippen LogP contribution in [0.3, 0.4) is 0 Å². The van der Waals surface area contributed by atoms with Gasteiger partial charge in [-0.1, -0.05) is 30.3 Å². The van der Waals surface area contributed by atoms with Crippen LogP contribution >= 0.6 is 0 Å². The molecule has 3 aromatic carbocycles. The first kappa shape index (κ1) is 21.4. The van der Waals surface area contributed by atoms with E-state index in [0.717, 1.165) is 21.4 Å². The molecule has 0 bridgehead atoms. The van der Waals surface area contributed by atoms with Gasteiger partial charge in [0.1, 0.15) is 12.3 Å². The number of anilines is 1. The van der Waals surface area contributed by atoms with Crippen LogP contribution in [0, 0.1) is 20.8 Å². The Balaban J connectivity index is 1.57. The van der Waals surface area contributed by atoms with Crippen molar-refractivity contribution in [3.8, 4) is 11.6 Å². The number of para-hydroxylation sites is 2. The lowest BCUT2D eigenvalue weighted by Crippen LogP contribution is -2.28. The third-order valence-corrected chi connectivity index (χ3v) is 5.38. The second-order valence-corrected chi connectivity index (χ2v) is 8.35. The predicted molar refractivity (Wildman–Crippen MR) is 131 cm³/mol. The van der Waals surface area contributed by atoms with E-state index in [1.165, 1.54) is 4.40 Å². The minimum absolute atomic E-state index is 0.193. The summed E-state index contributed by atoms with van der Waals surface area (Å²) < 4.78 is 8.66. The highest BCUT2D eigenvalue weighted by atomic mass is 16.5. The highest BCUT2D eigenvalue weighted by Gasteiger charge is 2.19. The van der Waals surface area contributed by atoms with E-state index >= 15 is 0 Å². The fraction of sp³-hybridized carbons (Fsp3) is 0.154. The summed E-state index contributed by atoms with van der Waals surface area (Å²) in [5, 5.41) is 7.23. The fourth-order valence-corrected chi connectivity index (χ4v) is 4.00. The normalized spacial score (nSPS) is 11.1. The topological polar surface area (TPSA) is 90.5 Å². The monoisotopic (exact) mass is 453 g/mol. The molecule has 170 valence electrons. The molecule has 0 aliphatic heterocycles. The maximum absolute atomic E-state index is 13.3. The van der Waals surface area contributed by atoms with Gasteiger partial charge >= 0.3 is 5.69 Å². The molecule has 0 aliphatic rings. The Morgan fingerprint density at radius 2 is 1.71 bits per heavy atom. The second kappa shape index (κ2) is 8.47. The summed E-state index contributed by atoms with van der Waals surface area (Å²) in [5.41, 5.74) is 4.73. The van der Waals surface area contributed by atoms with Gasteiger partial charge in [0.05, 0.1) is 11.0 Å². The van der Waals surface area contributed by atoms with Gasteiger partial charge in [0, 0.05) is 5.69 Å². The molecule has 5 aromatic rings. The van der Waals surface area contributed by atoms with E-state index in [4.69, 9.17) is 4.74 Å². The highest BCUT2D eigenvalue weighted by Crippen LogP contribution is 2.27. The number of rotatable bonds is 5. The SMILES string of the molecule is Cc1cccc(NC(=O)Cn2nc3c(Oc4cc(C)cc(C)c4)nc4ccccc4n3c2=O)c1. The third-order valence-electron chi connectivity index (χ3n) is 5.38. The number of aromatic nitrogens is 4. The number of nitrogens with zero attached hydrogens (tertiary/aromatic N) is 4. The van der Waals surface area contributed by atoms with Crippen molar-refractivity contribution in [3.05, 3.63) is 93.9 Å². The Morgan fingerprint density at radius 3 is 2.47 bits per heavy atom. The van der Waals surface area contributed by atoms with Crippen molar-refractivity contribution in [2.24, 2.45) is 0 Å². The molecule has 0 saturated heterocycles. The fourth-order valence-electron chi connectivity index (χ4n) is 4.00. The lowest BCUT2D eigenvalue weighted by Gasteiger charge is -2.09. The number of amides is 1. The summed E-state index contributed by atoms with van der Waals surface area (Å²) in [5.74, 6) is 0.435. The van der Waals surface area contributed by atoms with Gasteiger partial charge in [0.25, 0.3) is 5.88 Å². The number of nitrogens with one attached hydrogen (secondary N) is 1. The van der Waals surface area contributed by atoms with Gasteiger partial charge < -0.3 is 10.1 Å². The summed E-state index contributed by atoms with van der Waals surface area (Å²) in [6.07, 6.45) is 0. The summed E-state index contributed by atoms with van der Waals surface area (Å²) in [6.45, 7) is 5.66. The largest absolute Gasteiger partial charge is 0.436 e. The maximum atomic E-state index is 13.3. The molecule has 2 heterocycles. The van der Waals surface area contributed by atoms with Crippen LogP contribution in [0.5, 0.6) is 11.6 Å². The van der Waals surface area contributed by atoms with Crippen LogP contribution in [0.4, 0.5) is 5.69 Å². The van der Waals surface area contributed by atoms with Crippen LogP contribution in [-0.4, -0.2) is 25.1 Å². The number of fused-ring (bicyclic) bond motifs is 3. The highest BCUT2D eigenvalue weighted by molar-refractivity contribution is 5.90. The van der Waals surface area contributed by atoms with E-state index in [0.29, 0.717) is 22.5 Å². The van der Waals surface area contributed by atoms with Gasteiger partial charge in [0.2, 0.25) is 11.6 Å². The molecule has 2 aromatic heterocycles. The first-order valence-electron chi connectivity index (χ1n) is 10.9. The van der Waals surface area contributed by atoms with Gasteiger partial charge in [-0.15, -0.1) is 5.10 Å². The Morgan fingerprint density at radius 1 is 0.941 bits per heavy atom. The molecule has 1 N–H and O–H groups in total. The number of hydrogen-bond acceptors (Lipinski definition) is 5. The predicted octanol–water partition coefficient (Wildman–Crippen LogP) is 4.40. The number of carbonyl (C=O) groups is 1. The van der Waals surface area contributed by atoms with Crippen molar-refractivity contribution in [1.82, 2.24) is 19.2 Å². The summed E-state index contributed by atoms with van der Waals surface area (Å²) in [7, 11) is 0. The quantitative estimate of drug-likeness (QED) is 0.426. The third kappa shape index (κ3) is 4.13. The molecule has 0 spiro atoms.